The molecule has 2 rings (SSSR count). The van der Waals surface area contributed by atoms with Crippen molar-refractivity contribution in [1.82, 2.24) is 9.80 Å². The maximum atomic E-state index is 12.6. The van der Waals surface area contributed by atoms with E-state index < -0.39 is 5.92 Å². The van der Waals surface area contributed by atoms with Crippen LogP contribution in [0.3, 0.4) is 0 Å². The van der Waals surface area contributed by atoms with E-state index in [4.69, 9.17) is 0 Å². The molecular formula is C10H18F2N2. The molecule has 4 heteroatoms. The summed E-state index contributed by atoms with van der Waals surface area (Å²) in [6.07, 6.45) is 0.221. The van der Waals surface area contributed by atoms with E-state index in [2.05, 4.69) is 16.8 Å². The van der Waals surface area contributed by atoms with E-state index in [1.54, 1.807) is 0 Å². The zero-order valence-corrected chi connectivity index (χ0v) is 8.68. The number of hydrogen-bond donors (Lipinski definition) is 0. The first-order valence-corrected chi connectivity index (χ1v) is 5.34. The molecule has 0 radical (unpaired) electrons. The third-order valence-electron chi connectivity index (χ3n) is 3.29. The monoisotopic (exact) mass is 204 g/mol. The molecular weight excluding hydrogens is 186 g/mol. The minimum atomic E-state index is -2.35. The van der Waals surface area contributed by atoms with E-state index in [1.807, 2.05) is 0 Å². The van der Waals surface area contributed by atoms with Gasteiger partial charge in [0.2, 0.25) is 5.92 Å². The first kappa shape index (κ1) is 10.3. The van der Waals surface area contributed by atoms with Crippen LogP contribution in [0.15, 0.2) is 0 Å². The molecule has 1 aliphatic carbocycles. The Morgan fingerprint density at radius 2 is 1.71 bits per heavy atom. The van der Waals surface area contributed by atoms with E-state index >= 15 is 0 Å². The largest absolute Gasteiger partial charge is 0.304 e. The summed E-state index contributed by atoms with van der Waals surface area (Å²) in [7, 11) is 2.11. The molecule has 0 bridgehead atoms. The molecule has 1 heterocycles. The number of nitrogens with zero attached hydrogens (tertiary/aromatic N) is 2. The van der Waals surface area contributed by atoms with Crippen LogP contribution in [0.5, 0.6) is 0 Å². The Hall–Kier alpha value is -0.220. The Morgan fingerprint density at radius 1 is 1.14 bits per heavy atom. The number of piperazine rings is 1. The van der Waals surface area contributed by atoms with Gasteiger partial charge in [-0.2, -0.15) is 0 Å². The summed E-state index contributed by atoms with van der Waals surface area (Å²) in [5, 5.41) is 0. The van der Waals surface area contributed by atoms with E-state index in [-0.39, 0.29) is 18.8 Å². The highest BCUT2D eigenvalue weighted by Crippen LogP contribution is 2.42. The summed E-state index contributed by atoms with van der Waals surface area (Å²) in [6, 6.07) is 0. The maximum Gasteiger partial charge on any atom is 0.248 e. The van der Waals surface area contributed by atoms with Gasteiger partial charge >= 0.3 is 0 Å². The average Bonchev–Trinajstić information content (AvgIpc) is 2.06. The predicted molar refractivity (Wildman–Crippen MR) is 51.6 cm³/mol. The fraction of sp³-hybridized carbons (Fsp3) is 1.00. The number of halogens is 2. The Kier molecular flexibility index (Phi) is 2.75. The highest BCUT2D eigenvalue weighted by Gasteiger charge is 2.45. The van der Waals surface area contributed by atoms with Crippen molar-refractivity contribution in [2.24, 2.45) is 5.92 Å². The zero-order valence-electron chi connectivity index (χ0n) is 8.68. The van der Waals surface area contributed by atoms with Gasteiger partial charge in [-0.1, -0.05) is 0 Å². The van der Waals surface area contributed by atoms with Gasteiger partial charge in [0.25, 0.3) is 0 Å². The molecule has 0 amide bonds. The van der Waals surface area contributed by atoms with Crippen LogP contribution >= 0.6 is 0 Å². The number of likely N-dealkylation sites (N-methyl/N-ethyl adjacent to an activating group) is 1. The topological polar surface area (TPSA) is 6.48 Å². The highest BCUT2D eigenvalue weighted by molar-refractivity contribution is 4.88. The SMILES string of the molecule is CN1CCN(CC2CC(F)(F)C2)CC1. The summed E-state index contributed by atoms with van der Waals surface area (Å²) >= 11 is 0. The molecule has 0 spiro atoms. The van der Waals surface area contributed by atoms with Crippen LogP contribution in [0.25, 0.3) is 0 Å². The summed E-state index contributed by atoms with van der Waals surface area (Å²) in [5.41, 5.74) is 0. The lowest BCUT2D eigenvalue weighted by Gasteiger charge is -2.40. The first-order valence-electron chi connectivity index (χ1n) is 5.34. The van der Waals surface area contributed by atoms with Gasteiger partial charge in [0.05, 0.1) is 0 Å². The van der Waals surface area contributed by atoms with E-state index in [0.717, 1.165) is 32.7 Å². The molecule has 0 aromatic heterocycles. The fourth-order valence-electron chi connectivity index (χ4n) is 2.31. The molecule has 2 fully saturated rings. The lowest BCUT2D eigenvalue weighted by Crippen LogP contribution is -2.49. The van der Waals surface area contributed by atoms with Crippen molar-refractivity contribution in [3.8, 4) is 0 Å². The Labute approximate surface area is 83.9 Å². The van der Waals surface area contributed by atoms with Gasteiger partial charge in [0.1, 0.15) is 0 Å². The molecule has 1 aliphatic heterocycles. The summed E-state index contributed by atoms with van der Waals surface area (Å²) < 4.78 is 25.2. The van der Waals surface area contributed by atoms with Crippen molar-refractivity contribution in [3.63, 3.8) is 0 Å². The van der Waals surface area contributed by atoms with Gasteiger partial charge in [0.15, 0.2) is 0 Å². The molecule has 1 saturated heterocycles. The Balaban J connectivity index is 1.67. The van der Waals surface area contributed by atoms with Crippen LogP contribution in [0.1, 0.15) is 12.8 Å². The van der Waals surface area contributed by atoms with Gasteiger partial charge in [-0.3, -0.25) is 0 Å². The lowest BCUT2D eigenvalue weighted by molar-refractivity contribution is -0.117. The number of alkyl halides is 2. The molecule has 1 saturated carbocycles. The summed E-state index contributed by atoms with van der Waals surface area (Å²) in [4.78, 5) is 4.60. The van der Waals surface area contributed by atoms with Crippen molar-refractivity contribution in [2.45, 2.75) is 18.8 Å². The van der Waals surface area contributed by atoms with Crippen LogP contribution in [0.4, 0.5) is 8.78 Å². The van der Waals surface area contributed by atoms with E-state index in [1.165, 1.54) is 0 Å². The van der Waals surface area contributed by atoms with Crippen molar-refractivity contribution in [1.29, 1.82) is 0 Å². The molecule has 14 heavy (non-hydrogen) atoms. The second kappa shape index (κ2) is 3.74. The molecule has 2 nitrogen and oxygen atoms in total. The minimum Gasteiger partial charge on any atom is -0.304 e. The van der Waals surface area contributed by atoms with Crippen LogP contribution < -0.4 is 0 Å². The van der Waals surface area contributed by atoms with Gasteiger partial charge in [-0.25, -0.2) is 8.78 Å². The van der Waals surface area contributed by atoms with Gasteiger partial charge in [-0.15, -0.1) is 0 Å². The standard InChI is InChI=1S/C10H18F2N2/c1-13-2-4-14(5-3-13)8-9-6-10(11,12)7-9/h9H,2-8H2,1H3. The average molecular weight is 204 g/mol. The van der Waals surface area contributed by atoms with Crippen molar-refractivity contribution in [2.75, 3.05) is 39.8 Å². The number of rotatable bonds is 2. The van der Waals surface area contributed by atoms with Gasteiger partial charge in [-0.05, 0) is 13.0 Å². The molecule has 0 aromatic rings. The highest BCUT2D eigenvalue weighted by atomic mass is 19.3. The van der Waals surface area contributed by atoms with Gasteiger partial charge in [0, 0.05) is 45.6 Å². The van der Waals surface area contributed by atoms with Gasteiger partial charge < -0.3 is 9.80 Å². The van der Waals surface area contributed by atoms with E-state index in [9.17, 15) is 8.78 Å². The zero-order chi connectivity index (χ0) is 10.2. The minimum absolute atomic E-state index is 0.110. The molecule has 0 N–H and O–H groups in total. The second-order valence-electron chi connectivity index (χ2n) is 4.73. The van der Waals surface area contributed by atoms with Crippen LogP contribution in [0.2, 0.25) is 0 Å². The third kappa shape index (κ3) is 2.42. The fourth-order valence-corrected chi connectivity index (χ4v) is 2.31. The smallest absolute Gasteiger partial charge is 0.248 e. The van der Waals surface area contributed by atoms with Crippen LogP contribution in [-0.2, 0) is 0 Å². The van der Waals surface area contributed by atoms with Crippen molar-refractivity contribution >= 4 is 0 Å². The predicted octanol–water partition coefficient (Wildman–Crippen LogP) is 1.28. The second-order valence-corrected chi connectivity index (χ2v) is 4.73. The van der Waals surface area contributed by atoms with Crippen molar-refractivity contribution < 1.29 is 8.78 Å². The summed E-state index contributed by atoms with van der Waals surface area (Å²) in [6.45, 7) is 5.10. The maximum absolute atomic E-state index is 12.6. The van der Waals surface area contributed by atoms with Crippen molar-refractivity contribution in [3.05, 3.63) is 0 Å². The molecule has 0 atom stereocenters. The van der Waals surface area contributed by atoms with Crippen LogP contribution in [-0.4, -0.2) is 55.5 Å². The molecule has 0 aromatic carbocycles. The first-order chi connectivity index (χ1) is 6.55. The van der Waals surface area contributed by atoms with E-state index in [0.29, 0.717) is 0 Å². The molecule has 82 valence electrons. The number of hydrogen-bond acceptors (Lipinski definition) is 2. The van der Waals surface area contributed by atoms with Crippen LogP contribution in [0, 0.1) is 5.92 Å². The third-order valence-corrected chi connectivity index (χ3v) is 3.29. The quantitative estimate of drug-likeness (QED) is 0.668. The Bertz CT molecular complexity index is 192. The Morgan fingerprint density at radius 3 is 2.21 bits per heavy atom. The summed E-state index contributed by atoms with van der Waals surface area (Å²) in [5.74, 6) is -2.11. The molecule has 2 aliphatic rings. The molecule has 0 unspecified atom stereocenters. The lowest BCUT2D eigenvalue weighted by atomic mass is 9.81. The normalized spacial score (nSPS) is 30.2.